The maximum Gasteiger partial charge on any atom is 0.0628 e. The van der Waals surface area contributed by atoms with Gasteiger partial charge >= 0.3 is 0 Å². The number of hydrogen-bond donors (Lipinski definition) is 2. The Hall–Kier alpha value is -0.200. The molecular formula is C16H34N2O3. The Morgan fingerprint density at radius 1 is 1.10 bits per heavy atom. The minimum Gasteiger partial charge on any atom is -0.394 e. The molecule has 0 heterocycles. The molecule has 0 radical (unpaired) electrons. The molecule has 21 heavy (non-hydrogen) atoms. The molecule has 0 aromatic heterocycles. The molecule has 0 bridgehead atoms. The zero-order valence-corrected chi connectivity index (χ0v) is 14.1. The van der Waals surface area contributed by atoms with Crippen LogP contribution in [0.15, 0.2) is 0 Å². The zero-order chi connectivity index (χ0) is 15.6. The van der Waals surface area contributed by atoms with Crippen LogP contribution in [0.3, 0.4) is 0 Å². The first-order valence-corrected chi connectivity index (χ1v) is 8.46. The van der Waals surface area contributed by atoms with Crippen molar-refractivity contribution in [3.05, 3.63) is 0 Å². The molecule has 126 valence electrons. The number of aliphatic hydroxyl groups is 1. The van der Waals surface area contributed by atoms with Gasteiger partial charge in [-0.15, -0.1) is 0 Å². The second kappa shape index (κ2) is 10.5. The van der Waals surface area contributed by atoms with E-state index < -0.39 is 0 Å². The predicted molar refractivity (Wildman–Crippen MR) is 85.6 cm³/mol. The molecule has 1 rings (SSSR count). The lowest BCUT2D eigenvalue weighted by molar-refractivity contribution is 0.0460. The summed E-state index contributed by atoms with van der Waals surface area (Å²) in [4.78, 5) is 2.36. The van der Waals surface area contributed by atoms with Crippen molar-refractivity contribution in [2.45, 2.75) is 39.2 Å². The highest BCUT2D eigenvalue weighted by molar-refractivity contribution is 5.02. The van der Waals surface area contributed by atoms with Gasteiger partial charge in [0.2, 0.25) is 0 Å². The lowest BCUT2D eigenvalue weighted by atomic mass is 9.93. The molecule has 1 saturated carbocycles. The number of ether oxygens (including phenoxy) is 2. The summed E-state index contributed by atoms with van der Waals surface area (Å²) < 4.78 is 11.0. The van der Waals surface area contributed by atoms with Crippen molar-refractivity contribution in [3.8, 4) is 0 Å². The Labute approximate surface area is 130 Å². The van der Waals surface area contributed by atoms with Crippen LogP contribution in [0.25, 0.3) is 0 Å². The van der Waals surface area contributed by atoms with Crippen molar-refractivity contribution in [2.24, 2.45) is 5.92 Å². The molecule has 1 aliphatic carbocycles. The third kappa shape index (κ3) is 6.61. The fourth-order valence-corrected chi connectivity index (χ4v) is 2.90. The molecular weight excluding hydrogens is 268 g/mol. The van der Waals surface area contributed by atoms with Crippen LogP contribution in [0.4, 0.5) is 0 Å². The first-order chi connectivity index (χ1) is 10.2. The van der Waals surface area contributed by atoms with Gasteiger partial charge in [-0.3, -0.25) is 4.90 Å². The van der Waals surface area contributed by atoms with Crippen LogP contribution in [-0.4, -0.2) is 74.8 Å². The van der Waals surface area contributed by atoms with E-state index in [1.807, 2.05) is 13.8 Å². The summed E-state index contributed by atoms with van der Waals surface area (Å²) in [5.74, 6) is 0.601. The monoisotopic (exact) mass is 302 g/mol. The van der Waals surface area contributed by atoms with Crippen molar-refractivity contribution >= 4 is 0 Å². The Morgan fingerprint density at radius 2 is 1.67 bits per heavy atom. The molecule has 0 spiro atoms. The molecule has 5 heteroatoms. The maximum atomic E-state index is 9.96. The lowest BCUT2D eigenvalue weighted by Crippen LogP contribution is -2.58. The van der Waals surface area contributed by atoms with Crippen molar-refractivity contribution in [2.75, 3.05) is 59.2 Å². The summed E-state index contributed by atoms with van der Waals surface area (Å²) in [6.07, 6.45) is 2.44. The summed E-state index contributed by atoms with van der Waals surface area (Å²) >= 11 is 0. The number of rotatable bonds is 14. The lowest BCUT2D eigenvalue weighted by Gasteiger charge is -2.38. The van der Waals surface area contributed by atoms with Gasteiger partial charge in [0.05, 0.1) is 25.4 Å². The molecule has 1 fully saturated rings. The van der Waals surface area contributed by atoms with E-state index >= 15 is 0 Å². The van der Waals surface area contributed by atoms with Crippen molar-refractivity contribution in [1.82, 2.24) is 10.2 Å². The number of nitrogens with one attached hydrogen (secondary N) is 1. The van der Waals surface area contributed by atoms with Gasteiger partial charge in [0.1, 0.15) is 0 Å². The Morgan fingerprint density at radius 3 is 2.05 bits per heavy atom. The molecule has 5 nitrogen and oxygen atoms in total. The van der Waals surface area contributed by atoms with Gasteiger partial charge in [-0.25, -0.2) is 0 Å². The van der Waals surface area contributed by atoms with Crippen LogP contribution >= 0.6 is 0 Å². The van der Waals surface area contributed by atoms with Gasteiger partial charge in [-0.05, 0) is 39.2 Å². The number of hydrogen-bond acceptors (Lipinski definition) is 5. The van der Waals surface area contributed by atoms with E-state index in [4.69, 9.17) is 9.47 Å². The highest BCUT2D eigenvalue weighted by atomic mass is 16.5. The van der Waals surface area contributed by atoms with Crippen LogP contribution in [0, 0.1) is 5.92 Å². The molecule has 0 aliphatic heterocycles. The van der Waals surface area contributed by atoms with Crippen LogP contribution in [-0.2, 0) is 9.47 Å². The molecule has 0 aromatic rings. The molecule has 0 amide bonds. The molecule has 0 aromatic carbocycles. The van der Waals surface area contributed by atoms with Gasteiger partial charge in [-0.2, -0.15) is 0 Å². The predicted octanol–water partition coefficient (Wildman–Crippen LogP) is 1.11. The summed E-state index contributed by atoms with van der Waals surface area (Å²) in [5.41, 5.74) is -0.160. The Bertz CT molecular complexity index is 252. The Kier molecular flexibility index (Phi) is 9.44. The second-order valence-electron chi connectivity index (χ2n) is 5.79. The summed E-state index contributed by atoms with van der Waals surface area (Å²) in [5, 5.41) is 13.5. The Balaban J connectivity index is 2.56. The number of likely N-dealkylation sites (N-methyl/N-ethyl adjacent to an activating group) is 1. The minimum absolute atomic E-state index is 0.160. The first-order valence-electron chi connectivity index (χ1n) is 8.46. The van der Waals surface area contributed by atoms with Crippen LogP contribution in [0.2, 0.25) is 0 Å². The molecule has 2 N–H and O–H groups in total. The van der Waals surface area contributed by atoms with E-state index in [2.05, 4.69) is 17.1 Å². The van der Waals surface area contributed by atoms with E-state index in [9.17, 15) is 5.11 Å². The molecule has 1 aliphatic rings. The summed E-state index contributed by atoms with van der Waals surface area (Å²) in [6.45, 7) is 12.9. The average molecular weight is 302 g/mol. The van der Waals surface area contributed by atoms with Gasteiger partial charge in [0, 0.05) is 32.8 Å². The van der Waals surface area contributed by atoms with E-state index in [1.165, 1.54) is 12.8 Å². The largest absolute Gasteiger partial charge is 0.394 e. The molecule has 0 saturated heterocycles. The highest BCUT2D eigenvalue weighted by Gasteiger charge is 2.45. The first kappa shape index (κ1) is 18.8. The van der Waals surface area contributed by atoms with Crippen LogP contribution in [0.1, 0.15) is 33.6 Å². The van der Waals surface area contributed by atoms with Crippen LogP contribution < -0.4 is 5.32 Å². The van der Waals surface area contributed by atoms with Gasteiger partial charge < -0.3 is 19.9 Å². The summed E-state index contributed by atoms with van der Waals surface area (Å²) in [7, 11) is 0. The van der Waals surface area contributed by atoms with Gasteiger partial charge in [-0.1, -0.05) is 6.92 Å². The smallest absolute Gasteiger partial charge is 0.0628 e. The second-order valence-corrected chi connectivity index (χ2v) is 5.79. The maximum absolute atomic E-state index is 9.96. The third-order valence-electron chi connectivity index (χ3n) is 4.19. The standard InChI is InChI=1S/C16H34N2O3/c1-4-17-16(14-19,15-7-8-15)13-18(9-11-20-5-2)10-12-21-6-3/h15,17,19H,4-14H2,1-3H3. The van der Waals surface area contributed by atoms with Crippen molar-refractivity contribution in [3.63, 3.8) is 0 Å². The highest BCUT2D eigenvalue weighted by Crippen LogP contribution is 2.40. The van der Waals surface area contributed by atoms with E-state index in [0.29, 0.717) is 5.92 Å². The fraction of sp³-hybridized carbons (Fsp3) is 1.00. The van der Waals surface area contributed by atoms with Gasteiger partial charge in [0.25, 0.3) is 0 Å². The fourth-order valence-electron chi connectivity index (χ4n) is 2.90. The van der Waals surface area contributed by atoms with Crippen molar-refractivity contribution < 1.29 is 14.6 Å². The topological polar surface area (TPSA) is 54.0 Å². The molecule has 1 unspecified atom stereocenters. The average Bonchev–Trinajstić information content (AvgIpc) is 3.32. The van der Waals surface area contributed by atoms with E-state index in [-0.39, 0.29) is 12.1 Å². The normalized spacial score (nSPS) is 18.1. The van der Waals surface area contributed by atoms with E-state index in [1.54, 1.807) is 0 Å². The quantitative estimate of drug-likeness (QED) is 0.471. The van der Waals surface area contributed by atoms with Crippen molar-refractivity contribution in [1.29, 1.82) is 0 Å². The van der Waals surface area contributed by atoms with E-state index in [0.717, 1.165) is 52.6 Å². The number of nitrogens with zero attached hydrogens (tertiary/aromatic N) is 1. The third-order valence-corrected chi connectivity index (χ3v) is 4.19. The minimum atomic E-state index is -0.160. The summed E-state index contributed by atoms with van der Waals surface area (Å²) in [6, 6.07) is 0. The van der Waals surface area contributed by atoms with Crippen LogP contribution in [0.5, 0.6) is 0 Å². The zero-order valence-electron chi connectivity index (χ0n) is 14.1. The number of aliphatic hydroxyl groups excluding tert-OH is 1. The van der Waals surface area contributed by atoms with Gasteiger partial charge in [0.15, 0.2) is 0 Å². The molecule has 1 atom stereocenters. The SMILES string of the molecule is CCNC(CO)(CN(CCOCC)CCOCC)C1CC1.